The van der Waals surface area contributed by atoms with E-state index in [9.17, 15) is 9.59 Å². The fourth-order valence-electron chi connectivity index (χ4n) is 4.06. The second-order valence-corrected chi connectivity index (χ2v) is 10.0. The summed E-state index contributed by atoms with van der Waals surface area (Å²) in [6.07, 6.45) is 5.13. The zero-order valence-corrected chi connectivity index (χ0v) is 20.7. The van der Waals surface area contributed by atoms with E-state index in [0.29, 0.717) is 34.2 Å². The summed E-state index contributed by atoms with van der Waals surface area (Å²) >= 11 is 14.4. The first-order valence-electron chi connectivity index (χ1n) is 11.2. The van der Waals surface area contributed by atoms with Crippen molar-refractivity contribution in [3.05, 3.63) is 64.1 Å². The normalized spacial score (nSPS) is 14.8. The minimum atomic E-state index is -0.558. The maximum atomic E-state index is 13.3. The molecule has 0 bridgehead atoms. The predicted molar refractivity (Wildman–Crippen MR) is 133 cm³/mol. The Labute approximate surface area is 205 Å². The molecule has 0 radical (unpaired) electrons. The number of thioether (sulfide) groups is 1. The van der Waals surface area contributed by atoms with Gasteiger partial charge in [-0.25, -0.2) is 0 Å². The van der Waals surface area contributed by atoms with Gasteiger partial charge in [0.1, 0.15) is 6.04 Å². The summed E-state index contributed by atoms with van der Waals surface area (Å²) in [5.74, 6) is 0.473. The molecular weight excluding hydrogens is 463 g/mol. The summed E-state index contributed by atoms with van der Waals surface area (Å²) in [6.45, 7) is 2.15. The van der Waals surface area contributed by atoms with Gasteiger partial charge >= 0.3 is 0 Å². The number of benzene rings is 2. The highest BCUT2D eigenvalue weighted by Crippen LogP contribution is 2.28. The Balaban J connectivity index is 1.75. The molecule has 0 heterocycles. The average Bonchev–Trinajstić information content (AvgIpc) is 3.29. The Morgan fingerprint density at radius 2 is 1.72 bits per heavy atom. The van der Waals surface area contributed by atoms with Crippen LogP contribution in [0.2, 0.25) is 10.0 Å². The second-order valence-electron chi connectivity index (χ2n) is 8.05. The van der Waals surface area contributed by atoms with E-state index in [1.54, 1.807) is 34.9 Å². The predicted octanol–water partition coefficient (Wildman–Crippen LogP) is 6.34. The molecule has 0 spiro atoms. The lowest BCUT2D eigenvalue weighted by Crippen LogP contribution is -2.51. The van der Waals surface area contributed by atoms with Crippen molar-refractivity contribution in [3.8, 4) is 0 Å². The van der Waals surface area contributed by atoms with Crippen molar-refractivity contribution in [2.24, 2.45) is 0 Å². The van der Waals surface area contributed by atoms with Crippen LogP contribution in [0.3, 0.4) is 0 Å². The van der Waals surface area contributed by atoms with Gasteiger partial charge in [-0.1, -0.05) is 67.2 Å². The quantitative estimate of drug-likeness (QED) is 0.393. The first-order valence-corrected chi connectivity index (χ1v) is 12.9. The largest absolute Gasteiger partial charge is 0.352 e. The van der Waals surface area contributed by atoms with Crippen LogP contribution < -0.4 is 5.32 Å². The second kappa shape index (κ2) is 12.5. The summed E-state index contributed by atoms with van der Waals surface area (Å²) in [6, 6.07) is 14.9. The van der Waals surface area contributed by atoms with Crippen LogP contribution in [0.1, 0.15) is 51.0 Å². The lowest BCUT2D eigenvalue weighted by Gasteiger charge is -2.32. The Hall–Kier alpha value is -1.69. The van der Waals surface area contributed by atoms with Gasteiger partial charge in [0.05, 0.1) is 0 Å². The van der Waals surface area contributed by atoms with Crippen LogP contribution in [0.5, 0.6) is 0 Å². The van der Waals surface area contributed by atoms with Crippen molar-refractivity contribution < 1.29 is 9.59 Å². The standard InChI is InChI=1S/C25H30Cl2N2O2S/c1-2-23(25(31)28-18-9-6-7-10-18)29(17-20-21(26)13-8-14-22(20)27)24(30)15-16-32-19-11-4-3-5-12-19/h3-5,8,11-14,18,23H,2,6-7,9-10,15-17H2,1H3,(H,28,31)/t23-/m0/s1. The smallest absolute Gasteiger partial charge is 0.243 e. The molecule has 2 amide bonds. The molecule has 32 heavy (non-hydrogen) atoms. The van der Waals surface area contributed by atoms with Crippen LogP contribution >= 0.6 is 35.0 Å². The van der Waals surface area contributed by atoms with E-state index in [2.05, 4.69) is 5.32 Å². The first kappa shape index (κ1) is 24.9. The Morgan fingerprint density at radius 1 is 1.06 bits per heavy atom. The van der Waals surface area contributed by atoms with Crippen LogP contribution in [0.15, 0.2) is 53.4 Å². The molecule has 172 valence electrons. The van der Waals surface area contributed by atoms with Gasteiger partial charge in [0, 0.05) is 45.3 Å². The van der Waals surface area contributed by atoms with E-state index in [1.165, 1.54) is 0 Å². The zero-order valence-electron chi connectivity index (χ0n) is 18.4. The van der Waals surface area contributed by atoms with Crippen molar-refractivity contribution in [2.75, 3.05) is 5.75 Å². The number of carbonyl (C=O) groups excluding carboxylic acids is 2. The summed E-state index contributed by atoms with van der Waals surface area (Å²) in [7, 11) is 0. The minimum Gasteiger partial charge on any atom is -0.352 e. The van der Waals surface area contributed by atoms with Crippen molar-refractivity contribution in [3.63, 3.8) is 0 Å². The molecule has 0 unspecified atom stereocenters. The lowest BCUT2D eigenvalue weighted by molar-refractivity contribution is -0.141. The number of rotatable bonds is 10. The number of carbonyl (C=O) groups is 2. The van der Waals surface area contributed by atoms with Crippen molar-refractivity contribution in [1.29, 1.82) is 0 Å². The summed E-state index contributed by atoms with van der Waals surface area (Å²) in [5, 5.41) is 4.16. The van der Waals surface area contributed by atoms with E-state index in [-0.39, 0.29) is 24.4 Å². The van der Waals surface area contributed by atoms with Gasteiger partial charge in [-0.05, 0) is 43.5 Å². The van der Waals surface area contributed by atoms with Crippen molar-refractivity contribution >= 4 is 46.8 Å². The van der Waals surface area contributed by atoms with Gasteiger partial charge in [0.15, 0.2) is 0 Å². The van der Waals surface area contributed by atoms with Gasteiger partial charge in [-0.3, -0.25) is 9.59 Å². The third kappa shape index (κ3) is 6.90. The molecule has 0 aromatic heterocycles. The maximum absolute atomic E-state index is 13.3. The summed E-state index contributed by atoms with van der Waals surface area (Å²) < 4.78 is 0. The fourth-order valence-corrected chi connectivity index (χ4v) is 5.44. The first-order chi connectivity index (χ1) is 15.5. The molecule has 2 aromatic carbocycles. The van der Waals surface area contributed by atoms with Crippen LogP contribution in [0, 0.1) is 0 Å². The molecule has 0 saturated heterocycles. The van der Waals surface area contributed by atoms with Gasteiger partial charge in [-0.2, -0.15) is 0 Å². The molecular formula is C25H30Cl2N2O2S. The van der Waals surface area contributed by atoms with E-state index >= 15 is 0 Å². The molecule has 1 saturated carbocycles. The molecule has 1 aliphatic carbocycles. The molecule has 0 aliphatic heterocycles. The highest BCUT2D eigenvalue weighted by molar-refractivity contribution is 7.99. The van der Waals surface area contributed by atoms with Crippen LogP contribution in [-0.4, -0.2) is 34.6 Å². The minimum absolute atomic E-state index is 0.0714. The molecule has 7 heteroatoms. The molecule has 1 N–H and O–H groups in total. The van der Waals surface area contributed by atoms with E-state index in [4.69, 9.17) is 23.2 Å². The van der Waals surface area contributed by atoms with Gasteiger partial charge < -0.3 is 10.2 Å². The van der Waals surface area contributed by atoms with Crippen LogP contribution in [0.25, 0.3) is 0 Å². The monoisotopic (exact) mass is 492 g/mol. The van der Waals surface area contributed by atoms with Crippen LogP contribution in [0.4, 0.5) is 0 Å². The highest BCUT2D eigenvalue weighted by Gasteiger charge is 2.31. The number of nitrogens with one attached hydrogen (secondary N) is 1. The topological polar surface area (TPSA) is 49.4 Å². The number of hydrogen-bond acceptors (Lipinski definition) is 3. The zero-order chi connectivity index (χ0) is 22.9. The van der Waals surface area contributed by atoms with E-state index in [0.717, 1.165) is 30.6 Å². The molecule has 2 aromatic rings. The molecule has 3 rings (SSSR count). The lowest BCUT2D eigenvalue weighted by atomic mass is 10.1. The van der Waals surface area contributed by atoms with E-state index < -0.39 is 6.04 Å². The Kier molecular flexibility index (Phi) is 9.76. The fraction of sp³-hybridized carbons (Fsp3) is 0.440. The molecule has 4 nitrogen and oxygen atoms in total. The number of halogens is 2. The molecule has 1 aliphatic rings. The van der Waals surface area contributed by atoms with Gasteiger partial charge in [-0.15, -0.1) is 11.8 Å². The molecule has 1 atom stereocenters. The highest BCUT2D eigenvalue weighted by atomic mass is 35.5. The average molecular weight is 494 g/mol. The van der Waals surface area contributed by atoms with Crippen molar-refractivity contribution in [2.45, 2.75) is 69.0 Å². The summed E-state index contributed by atoms with van der Waals surface area (Å²) in [4.78, 5) is 29.3. The van der Waals surface area contributed by atoms with Gasteiger partial charge in [0.25, 0.3) is 0 Å². The Bertz CT molecular complexity index is 884. The summed E-state index contributed by atoms with van der Waals surface area (Å²) in [5.41, 5.74) is 0.673. The van der Waals surface area contributed by atoms with Crippen LogP contribution in [-0.2, 0) is 16.1 Å². The van der Waals surface area contributed by atoms with Crippen molar-refractivity contribution in [1.82, 2.24) is 10.2 Å². The molecule has 1 fully saturated rings. The SMILES string of the molecule is CC[C@@H](C(=O)NC1CCCC1)N(Cc1c(Cl)cccc1Cl)C(=O)CCSc1ccccc1. The van der Waals surface area contributed by atoms with Gasteiger partial charge in [0.2, 0.25) is 11.8 Å². The maximum Gasteiger partial charge on any atom is 0.243 e. The number of amides is 2. The third-order valence-corrected chi connectivity index (χ3v) is 7.53. The third-order valence-electron chi connectivity index (χ3n) is 5.81. The van der Waals surface area contributed by atoms with E-state index in [1.807, 2.05) is 37.3 Å². The number of nitrogens with zero attached hydrogens (tertiary/aromatic N) is 1. The number of hydrogen-bond donors (Lipinski definition) is 1. The Morgan fingerprint density at radius 3 is 2.34 bits per heavy atom.